The minimum absolute atomic E-state index is 0.169. The number of ether oxygens (including phenoxy) is 1. The first-order valence-electron chi connectivity index (χ1n) is 5.95. The van der Waals surface area contributed by atoms with Gasteiger partial charge < -0.3 is 20.9 Å². The number of hydrogen-bond donors (Lipinski definition) is 3. The zero-order chi connectivity index (χ0) is 14.2. The van der Waals surface area contributed by atoms with Gasteiger partial charge in [0.25, 0.3) is 0 Å². The standard InChI is InChI=1S/C12H22N2O4/c1-10(2,9(16)17)11(3,4)14-8(15)12(13)5-6-18-7-12/h5-7,13H2,1-4H3,(H,14,15)(H,16,17). The lowest BCUT2D eigenvalue weighted by molar-refractivity contribution is -0.152. The second-order valence-electron chi connectivity index (χ2n) is 5.97. The molecule has 0 radical (unpaired) electrons. The molecule has 0 aromatic heterocycles. The normalized spacial score (nSPS) is 24.9. The van der Waals surface area contributed by atoms with Gasteiger partial charge in [-0.2, -0.15) is 0 Å². The van der Waals surface area contributed by atoms with Crippen LogP contribution in [0.1, 0.15) is 34.1 Å². The molecule has 0 spiro atoms. The largest absolute Gasteiger partial charge is 0.481 e. The molecule has 18 heavy (non-hydrogen) atoms. The third-order valence-corrected chi connectivity index (χ3v) is 4.03. The number of hydrogen-bond acceptors (Lipinski definition) is 4. The quantitative estimate of drug-likeness (QED) is 0.664. The lowest BCUT2D eigenvalue weighted by Gasteiger charge is -2.40. The average molecular weight is 258 g/mol. The molecule has 0 aromatic carbocycles. The molecule has 1 rings (SSSR count). The summed E-state index contributed by atoms with van der Waals surface area (Å²) in [5.74, 6) is -1.33. The lowest BCUT2D eigenvalue weighted by atomic mass is 9.74. The van der Waals surface area contributed by atoms with Gasteiger partial charge in [-0.3, -0.25) is 9.59 Å². The first-order valence-corrected chi connectivity index (χ1v) is 5.95. The number of carbonyl (C=O) groups is 2. The van der Waals surface area contributed by atoms with Crippen molar-refractivity contribution in [3.63, 3.8) is 0 Å². The van der Waals surface area contributed by atoms with Crippen LogP contribution in [0, 0.1) is 5.41 Å². The van der Waals surface area contributed by atoms with E-state index in [9.17, 15) is 14.7 Å². The molecular formula is C12H22N2O4. The van der Waals surface area contributed by atoms with E-state index in [2.05, 4.69) is 5.32 Å². The number of rotatable bonds is 4. The molecule has 104 valence electrons. The maximum atomic E-state index is 12.1. The summed E-state index contributed by atoms with van der Waals surface area (Å²) >= 11 is 0. The highest BCUT2D eigenvalue weighted by molar-refractivity contribution is 5.88. The van der Waals surface area contributed by atoms with Crippen LogP contribution in [0.2, 0.25) is 0 Å². The average Bonchev–Trinajstić information content (AvgIpc) is 2.65. The highest BCUT2D eigenvalue weighted by Crippen LogP contribution is 2.31. The SMILES string of the molecule is CC(C)(NC(=O)C1(N)CCOC1)C(C)(C)C(=O)O. The molecule has 1 heterocycles. The van der Waals surface area contributed by atoms with Gasteiger partial charge in [0.15, 0.2) is 0 Å². The van der Waals surface area contributed by atoms with Crippen LogP contribution in [0.4, 0.5) is 0 Å². The number of carboxylic acid groups (broad SMARTS) is 1. The second-order valence-corrected chi connectivity index (χ2v) is 5.97. The number of carbonyl (C=O) groups excluding carboxylic acids is 1. The summed E-state index contributed by atoms with van der Waals surface area (Å²) in [6, 6.07) is 0. The van der Waals surface area contributed by atoms with E-state index in [4.69, 9.17) is 10.5 Å². The van der Waals surface area contributed by atoms with Crippen molar-refractivity contribution in [1.82, 2.24) is 5.32 Å². The Morgan fingerprint density at radius 2 is 1.89 bits per heavy atom. The Hall–Kier alpha value is -1.14. The summed E-state index contributed by atoms with van der Waals surface area (Å²) in [5, 5.41) is 11.9. The fraction of sp³-hybridized carbons (Fsp3) is 0.833. The predicted molar refractivity (Wildman–Crippen MR) is 66.0 cm³/mol. The molecular weight excluding hydrogens is 236 g/mol. The van der Waals surface area contributed by atoms with E-state index in [1.54, 1.807) is 27.7 Å². The molecule has 1 amide bonds. The summed E-state index contributed by atoms with van der Waals surface area (Å²) in [7, 11) is 0. The van der Waals surface area contributed by atoms with Crippen molar-refractivity contribution in [3.8, 4) is 0 Å². The van der Waals surface area contributed by atoms with Crippen LogP contribution in [-0.2, 0) is 14.3 Å². The van der Waals surface area contributed by atoms with Crippen LogP contribution < -0.4 is 11.1 Å². The highest BCUT2D eigenvalue weighted by Gasteiger charge is 2.48. The number of carboxylic acids is 1. The van der Waals surface area contributed by atoms with Crippen molar-refractivity contribution in [2.45, 2.75) is 45.2 Å². The molecule has 0 saturated carbocycles. The van der Waals surface area contributed by atoms with Gasteiger partial charge in [-0.1, -0.05) is 0 Å². The van der Waals surface area contributed by atoms with Crippen LogP contribution in [-0.4, -0.2) is 41.3 Å². The van der Waals surface area contributed by atoms with Crippen molar-refractivity contribution in [2.75, 3.05) is 13.2 Å². The third-order valence-electron chi connectivity index (χ3n) is 4.03. The first-order chi connectivity index (χ1) is 8.03. The minimum Gasteiger partial charge on any atom is -0.481 e. The lowest BCUT2D eigenvalue weighted by Crippen LogP contribution is -2.64. The van der Waals surface area contributed by atoms with Crippen molar-refractivity contribution in [1.29, 1.82) is 0 Å². The molecule has 1 unspecified atom stereocenters. The topological polar surface area (TPSA) is 102 Å². The van der Waals surface area contributed by atoms with Crippen LogP contribution >= 0.6 is 0 Å². The van der Waals surface area contributed by atoms with Gasteiger partial charge in [0.1, 0.15) is 5.54 Å². The van der Waals surface area contributed by atoms with Gasteiger partial charge in [0.2, 0.25) is 5.91 Å². The number of nitrogens with one attached hydrogen (secondary N) is 1. The molecule has 1 atom stereocenters. The molecule has 1 saturated heterocycles. The van der Waals surface area contributed by atoms with E-state index in [0.29, 0.717) is 13.0 Å². The summed E-state index contributed by atoms with van der Waals surface area (Å²) in [6.45, 7) is 7.12. The Labute approximate surface area is 107 Å². The van der Waals surface area contributed by atoms with E-state index in [1.807, 2.05) is 0 Å². The fourth-order valence-corrected chi connectivity index (χ4v) is 1.59. The van der Waals surface area contributed by atoms with Gasteiger partial charge in [-0.05, 0) is 34.1 Å². The summed E-state index contributed by atoms with van der Waals surface area (Å²) < 4.78 is 5.13. The molecule has 1 fully saturated rings. The Balaban J connectivity index is 2.83. The molecule has 0 aliphatic carbocycles. The van der Waals surface area contributed by atoms with Crippen LogP contribution in [0.25, 0.3) is 0 Å². The molecule has 0 aromatic rings. The van der Waals surface area contributed by atoms with Crippen LogP contribution in [0.5, 0.6) is 0 Å². The summed E-state index contributed by atoms with van der Waals surface area (Å²) in [6.07, 6.45) is 0.447. The van der Waals surface area contributed by atoms with E-state index in [1.165, 1.54) is 0 Å². The van der Waals surface area contributed by atoms with Crippen LogP contribution in [0.15, 0.2) is 0 Å². The molecule has 0 bridgehead atoms. The highest BCUT2D eigenvalue weighted by atomic mass is 16.5. The van der Waals surface area contributed by atoms with Gasteiger partial charge >= 0.3 is 5.97 Å². The zero-order valence-electron chi connectivity index (χ0n) is 11.4. The zero-order valence-corrected chi connectivity index (χ0v) is 11.4. The summed E-state index contributed by atoms with van der Waals surface area (Å²) in [5.41, 5.74) is 2.88. The Kier molecular flexibility index (Phi) is 3.74. The number of aliphatic carboxylic acids is 1. The maximum Gasteiger partial charge on any atom is 0.311 e. The number of nitrogens with two attached hydrogens (primary N) is 1. The van der Waals surface area contributed by atoms with Crippen molar-refractivity contribution in [3.05, 3.63) is 0 Å². The Morgan fingerprint density at radius 3 is 2.28 bits per heavy atom. The Morgan fingerprint density at radius 1 is 1.33 bits per heavy atom. The fourth-order valence-electron chi connectivity index (χ4n) is 1.59. The minimum atomic E-state index is -1.10. The van der Waals surface area contributed by atoms with Crippen molar-refractivity contribution >= 4 is 11.9 Å². The van der Waals surface area contributed by atoms with E-state index in [0.717, 1.165) is 0 Å². The molecule has 1 aliphatic heterocycles. The molecule has 4 N–H and O–H groups in total. The third kappa shape index (κ3) is 2.49. The Bertz CT molecular complexity index is 357. The first kappa shape index (κ1) is 14.9. The monoisotopic (exact) mass is 258 g/mol. The summed E-state index contributed by atoms with van der Waals surface area (Å²) in [4.78, 5) is 23.4. The molecule has 1 aliphatic rings. The van der Waals surface area contributed by atoms with Crippen molar-refractivity contribution < 1.29 is 19.4 Å². The van der Waals surface area contributed by atoms with Gasteiger partial charge in [0.05, 0.1) is 17.6 Å². The van der Waals surface area contributed by atoms with Crippen LogP contribution in [0.3, 0.4) is 0 Å². The van der Waals surface area contributed by atoms with E-state index in [-0.39, 0.29) is 12.5 Å². The van der Waals surface area contributed by atoms with Gasteiger partial charge in [-0.15, -0.1) is 0 Å². The maximum absolute atomic E-state index is 12.1. The van der Waals surface area contributed by atoms with E-state index < -0.39 is 22.5 Å². The molecule has 6 heteroatoms. The number of amides is 1. The smallest absolute Gasteiger partial charge is 0.311 e. The van der Waals surface area contributed by atoms with Gasteiger partial charge in [-0.25, -0.2) is 0 Å². The predicted octanol–water partition coefficient (Wildman–Crippen LogP) is 0.110. The second kappa shape index (κ2) is 4.51. The van der Waals surface area contributed by atoms with Crippen molar-refractivity contribution in [2.24, 2.45) is 11.1 Å². The van der Waals surface area contributed by atoms with Gasteiger partial charge in [0, 0.05) is 6.61 Å². The molecule has 6 nitrogen and oxygen atoms in total. The van der Waals surface area contributed by atoms with E-state index >= 15 is 0 Å².